The van der Waals surface area contributed by atoms with Crippen LogP contribution in [-0.2, 0) is 9.59 Å². The summed E-state index contributed by atoms with van der Waals surface area (Å²) in [6.07, 6.45) is 0.869. The number of carbonyl (C=O) groups is 2. The summed E-state index contributed by atoms with van der Waals surface area (Å²) in [4.78, 5) is 26.1. The maximum atomic E-state index is 13.5. The van der Waals surface area contributed by atoms with Gasteiger partial charge in [0.25, 0.3) is 5.91 Å². The van der Waals surface area contributed by atoms with Crippen LogP contribution in [0, 0.1) is 5.92 Å². The largest absolute Gasteiger partial charge is 0.343 e. The Labute approximate surface area is 107 Å². The maximum Gasteiger partial charge on any atom is 0.282 e. The van der Waals surface area contributed by atoms with Gasteiger partial charge in [-0.15, -0.1) is 0 Å². The Morgan fingerprint density at radius 2 is 1.94 bits per heavy atom. The first-order valence-corrected chi connectivity index (χ1v) is 6.17. The minimum atomic E-state index is -0.682. The first kappa shape index (κ1) is 14.7. The van der Waals surface area contributed by atoms with E-state index in [4.69, 9.17) is 0 Å². The number of likely N-dealkylation sites (tertiary alicyclic amines) is 1. The molecule has 0 saturated carbocycles. The SMILES string of the molecule is CC(=O)N1CC[C@@H](CN(C)C(=O)C(F)=C(C)C)C1. The number of hydrogen-bond donors (Lipinski definition) is 0. The molecule has 2 amide bonds. The lowest BCUT2D eigenvalue weighted by atomic mass is 10.1. The third-order valence-corrected chi connectivity index (χ3v) is 3.24. The lowest BCUT2D eigenvalue weighted by Crippen LogP contribution is -2.34. The number of amides is 2. The molecule has 0 aromatic carbocycles. The highest BCUT2D eigenvalue weighted by atomic mass is 19.1. The van der Waals surface area contributed by atoms with Crippen LogP contribution in [0.2, 0.25) is 0 Å². The van der Waals surface area contributed by atoms with E-state index in [2.05, 4.69) is 0 Å². The Balaban J connectivity index is 2.52. The number of halogens is 1. The molecule has 0 radical (unpaired) electrons. The van der Waals surface area contributed by atoms with Crippen LogP contribution in [0.3, 0.4) is 0 Å². The van der Waals surface area contributed by atoms with Crippen molar-refractivity contribution in [1.82, 2.24) is 9.80 Å². The Morgan fingerprint density at radius 3 is 2.39 bits per heavy atom. The second-order valence-electron chi connectivity index (χ2n) is 5.12. The molecule has 0 spiro atoms. The Morgan fingerprint density at radius 1 is 1.33 bits per heavy atom. The molecule has 5 heteroatoms. The summed E-state index contributed by atoms with van der Waals surface area (Å²) in [7, 11) is 1.60. The molecule has 0 aromatic heterocycles. The van der Waals surface area contributed by atoms with Crippen LogP contribution in [0.25, 0.3) is 0 Å². The number of hydrogen-bond acceptors (Lipinski definition) is 2. The zero-order valence-electron chi connectivity index (χ0n) is 11.5. The summed E-state index contributed by atoms with van der Waals surface area (Å²) in [5.74, 6) is -0.954. The van der Waals surface area contributed by atoms with Gasteiger partial charge in [-0.05, 0) is 31.8 Å². The summed E-state index contributed by atoms with van der Waals surface area (Å²) in [6, 6.07) is 0. The first-order valence-electron chi connectivity index (χ1n) is 6.17. The van der Waals surface area contributed by atoms with E-state index in [9.17, 15) is 14.0 Å². The molecule has 4 nitrogen and oxygen atoms in total. The van der Waals surface area contributed by atoms with E-state index < -0.39 is 11.7 Å². The van der Waals surface area contributed by atoms with Gasteiger partial charge in [-0.1, -0.05) is 0 Å². The second-order valence-corrected chi connectivity index (χ2v) is 5.12. The fraction of sp³-hybridized carbons (Fsp3) is 0.692. The minimum Gasteiger partial charge on any atom is -0.343 e. The van der Waals surface area contributed by atoms with Crippen molar-refractivity contribution >= 4 is 11.8 Å². The van der Waals surface area contributed by atoms with Gasteiger partial charge in [-0.3, -0.25) is 9.59 Å². The number of likely N-dealkylation sites (N-methyl/N-ethyl adjacent to an activating group) is 1. The molecule has 102 valence electrons. The van der Waals surface area contributed by atoms with Crippen molar-refractivity contribution in [3.05, 3.63) is 11.4 Å². The van der Waals surface area contributed by atoms with Gasteiger partial charge < -0.3 is 9.80 Å². The van der Waals surface area contributed by atoms with Crippen molar-refractivity contribution in [1.29, 1.82) is 0 Å². The average molecular weight is 256 g/mol. The highest BCUT2D eigenvalue weighted by Gasteiger charge is 2.27. The number of carbonyl (C=O) groups excluding carboxylic acids is 2. The summed E-state index contributed by atoms with van der Waals surface area (Å²) in [5, 5.41) is 0. The summed E-state index contributed by atoms with van der Waals surface area (Å²) in [6.45, 7) is 6.57. The first-order chi connectivity index (χ1) is 8.32. The zero-order chi connectivity index (χ0) is 13.9. The molecule has 1 atom stereocenters. The summed E-state index contributed by atoms with van der Waals surface area (Å²) >= 11 is 0. The van der Waals surface area contributed by atoms with E-state index in [0.29, 0.717) is 18.7 Å². The van der Waals surface area contributed by atoms with Crippen molar-refractivity contribution in [3.8, 4) is 0 Å². The van der Waals surface area contributed by atoms with E-state index >= 15 is 0 Å². The van der Waals surface area contributed by atoms with Crippen LogP contribution in [0.4, 0.5) is 4.39 Å². The standard InChI is InChI=1S/C13H21FN2O2/c1-9(2)12(14)13(18)15(4)7-11-5-6-16(8-11)10(3)17/h11H,5-8H2,1-4H3/t11-/m0/s1. The molecule has 1 aliphatic heterocycles. The average Bonchev–Trinajstić information content (AvgIpc) is 2.75. The predicted molar refractivity (Wildman–Crippen MR) is 67.5 cm³/mol. The molecular weight excluding hydrogens is 235 g/mol. The van der Waals surface area contributed by atoms with Gasteiger partial charge in [0, 0.05) is 33.6 Å². The van der Waals surface area contributed by atoms with E-state index in [1.807, 2.05) is 0 Å². The molecule has 0 unspecified atom stereocenters. The normalized spacial score (nSPS) is 18.7. The van der Waals surface area contributed by atoms with Gasteiger partial charge in [0.2, 0.25) is 5.91 Å². The topological polar surface area (TPSA) is 40.6 Å². The van der Waals surface area contributed by atoms with Crippen molar-refractivity contribution < 1.29 is 14.0 Å². The van der Waals surface area contributed by atoms with Gasteiger partial charge >= 0.3 is 0 Å². The molecule has 1 heterocycles. The lowest BCUT2D eigenvalue weighted by molar-refractivity contribution is -0.128. The molecule has 0 aliphatic carbocycles. The molecule has 0 N–H and O–H groups in total. The minimum absolute atomic E-state index is 0.0574. The predicted octanol–water partition coefficient (Wildman–Crippen LogP) is 1.58. The van der Waals surface area contributed by atoms with Crippen LogP contribution in [0.5, 0.6) is 0 Å². The van der Waals surface area contributed by atoms with Crippen LogP contribution in [0.1, 0.15) is 27.2 Å². The van der Waals surface area contributed by atoms with E-state index in [0.717, 1.165) is 13.0 Å². The fourth-order valence-corrected chi connectivity index (χ4v) is 2.12. The van der Waals surface area contributed by atoms with Crippen LogP contribution >= 0.6 is 0 Å². The van der Waals surface area contributed by atoms with E-state index in [1.165, 1.54) is 4.90 Å². The number of rotatable bonds is 3. The fourth-order valence-electron chi connectivity index (χ4n) is 2.12. The van der Waals surface area contributed by atoms with E-state index in [1.54, 1.807) is 32.7 Å². The van der Waals surface area contributed by atoms with Crippen molar-refractivity contribution in [2.24, 2.45) is 5.92 Å². The van der Waals surface area contributed by atoms with Gasteiger partial charge in [-0.25, -0.2) is 4.39 Å². The lowest BCUT2D eigenvalue weighted by Gasteiger charge is -2.21. The second kappa shape index (κ2) is 5.98. The number of allylic oxidation sites excluding steroid dienone is 1. The van der Waals surface area contributed by atoms with Crippen LogP contribution < -0.4 is 0 Å². The molecule has 1 fully saturated rings. The highest BCUT2D eigenvalue weighted by molar-refractivity contribution is 5.91. The van der Waals surface area contributed by atoms with Gasteiger partial charge in [0.15, 0.2) is 5.83 Å². The molecule has 1 rings (SSSR count). The summed E-state index contributed by atoms with van der Waals surface area (Å²) < 4.78 is 13.5. The monoisotopic (exact) mass is 256 g/mol. The quantitative estimate of drug-likeness (QED) is 0.719. The molecule has 0 bridgehead atoms. The van der Waals surface area contributed by atoms with Crippen molar-refractivity contribution in [3.63, 3.8) is 0 Å². The van der Waals surface area contributed by atoms with Gasteiger partial charge in [-0.2, -0.15) is 0 Å². The zero-order valence-corrected chi connectivity index (χ0v) is 11.5. The van der Waals surface area contributed by atoms with E-state index in [-0.39, 0.29) is 11.8 Å². The molecule has 1 saturated heterocycles. The molecule has 0 aromatic rings. The van der Waals surface area contributed by atoms with Gasteiger partial charge in [0.1, 0.15) is 0 Å². The Bertz CT molecular complexity index is 375. The molecule has 1 aliphatic rings. The molecular formula is C13H21FN2O2. The van der Waals surface area contributed by atoms with Crippen LogP contribution in [0.15, 0.2) is 11.4 Å². The molecule has 18 heavy (non-hydrogen) atoms. The Kier molecular flexibility index (Phi) is 4.87. The third-order valence-electron chi connectivity index (χ3n) is 3.24. The van der Waals surface area contributed by atoms with Crippen molar-refractivity contribution in [2.75, 3.05) is 26.7 Å². The van der Waals surface area contributed by atoms with Crippen LogP contribution in [-0.4, -0.2) is 48.3 Å². The third kappa shape index (κ3) is 3.55. The van der Waals surface area contributed by atoms with Gasteiger partial charge in [0.05, 0.1) is 0 Å². The Hall–Kier alpha value is -1.39. The highest BCUT2D eigenvalue weighted by Crippen LogP contribution is 2.18. The maximum absolute atomic E-state index is 13.5. The van der Waals surface area contributed by atoms with Crippen molar-refractivity contribution in [2.45, 2.75) is 27.2 Å². The number of nitrogens with zero attached hydrogens (tertiary/aromatic N) is 2. The smallest absolute Gasteiger partial charge is 0.282 e. The summed E-state index contributed by atoms with van der Waals surface area (Å²) in [5.41, 5.74) is 0.392.